The number of hydrogen-bond acceptors (Lipinski definition) is 3. The molecule has 4 heterocycles. The molecule has 0 aliphatic carbocycles. The summed E-state index contributed by atoms with van der Waals surface area (Å²) in [5.74, 6) is 2.86. The van der Waals surface area contributed by atoms with E-state index in [-0.39, 0.29) is 11.8 Å². The van der Waals surface area contributed by atoms with Crippen molar-refractivity contribution in [2.75, 3.05) is 0 Å². The SMILES string of the molecule is CCc1cccc2c3cccc(CC)c3n(-c3ccnc(-n4c5ccccc5c5ccc(Oc6cccc(-n7nc(C(C)C)c(-c8ccccc8)c7C(C)C)c6)cc54)c3)c12. The van der Waals surface area contributed by atoms with Gasteiger partial charge in [0.15, 0.2) is 0 Å². The monoisotopic (exact) mass is 783 g/mol. The summed E-state index contributed by atoms with van der Waals surface area (Å²) in [6.07, 6.45) is 3.84. The molecule has 0 aliphatic rings. The Bertz CT molecular complexity index is 3160. The summed E-state index contributed by atoms with van der Waals surface area (Å²) in [5.41, 5.74) is 14.1. The van der Waals surface area contributed by atoms with Crippen LogP contribution >= 0.6 is 0 Å². The Morgan fingerprint density at radius 1 is 0.533 bits per heavy atom. The molecule has 0 spiro atoms. The number of rotatable bonds is 10. The number of pyridine rings is 1. The topological polar surface area (TPSA) is 49.8 Å². The maximum absolute atomic E-state index is 6.76. The van der Waals surface area contributed by atoms with Crippen LogP contribution in [0.3, 0.4) is 0 Å². The molecule has 296 valence electrons. The average Bonchev–Trinajstić information content (AvgIpc) is 3.96. The maximum atomic E-state index is 6.76. The molecule has 10 rings (SSSR count). The highest BCUT2D eigenvalue weighted by atomic mass is 16.5. The van der Waals surface area contributed by atoms with Crippen molar-refractivity contribution < 1.29 is 4.74 Å². The molecule has 6 heteroatoms. The first-order valence-electron chi connectivity index (χ1n) is 21.3. The van der Waals surface area contributed by atoms with E-state index in [0.29, 0.717) is 0 Å². The van der Waals surface area contributed by atoms with Crippen LogP contribution in [0.2, 0.25) is 0 Å². The molecule has 0 amide bonds. The van der Waals surface area contributed by atoms with Gasteiger partial charge < -0.3 is 9.30 Å². The molecule has 6 aromatic carbocycles. The normalized spacial score (nSPS) is 11.9. The lowest BCUT2D eigenvalue weighted by atomic mass is 9.93. The van der Waals surface area contributed by atoms with Crippen molar-refractivity contribution >= 4 is 43.6 Å². The average molecular weight is 784 g/mol. The van der Waals surface area contributed by atoms with E-state index in [9.17, 15) is 0 Å². The number of hydrogen-bond donors (Lipinski definition) is 0. The van der Waals surface area contributed by atoms with Gasteiger partial charge in [0.25, 0.3) is 0 Å². The van der Waals surface area contributed by atoms with Gasteiger partial charge in [-0.1, -0.05) is 133 Å². The van der Waals surface area contributed by atoms with Gasteiger partial charge in [0, 0.05) is 51.5 Å². The lowest BCUT2D eigenvalue weighted by Crippen LogP contribution is -2.05. The maximum Gasteiger partial charge on any atom is 0.139 e. The first kappa shape index (κ1) is 37.4. The number of aryl methyl sites for hydroxylation is 2. The van der Waals surface area contributed by atoms with E-state index in [2.05, 4.69) is 195 Å². The van der Waals surface area contributed by atoms with E-state index in [0.717, 1.165) is 63.6 Å². The van der Waals surface area contributed by atoms with Crippen molar-refractivity contribution in [1.82, 2.24) is 23.9 Å². The van der Waals surface area contributed by atoms with Crippen molar-refractivity contribution in [3.8, 4) is 39.8 Å². The Kier molecular flexibility index (Phi) is 9.36. The molecule has 0 aliphatic heterocycles. The predicted molar refractivity (Wildman–Crippen MR) is 249 cm³/mol. The summed E-state index contributed by atoms with van der Waals surface area (Å²) in [6, 6.07) is 51.8. The molecule has 0 saturated carbocycles. The summed E-state index contributed by atoms with van der Waals surface area (Å²) in [6.45, 7) is 13.4. The molecule has 6 nitrogen and oxygen atoms in total. The van der Waals surface area contributed by atoms with Gasteiger partial charge in [-0.2, -0.15) is 5.10 Å². The Morgan fingerprint density at radius 3 is 1.88 bits per heavy atom. The molecule has 0 N–H and O–H groups in total. The molecular weight excluding hydrogens is 735 g/mol. The summed E-state index contributed by atoms with van der Waals surface area (Å²) >= 11 is 0. The van der Waals surface area contributed by atoms with Gasteiger partial charge >= 0.3 is 0 Å². The molecule has 0 atom stereocenters. The largest absolute Gasteiger partial charge is 0.457 e. The molecule has 0 radical (unpaired) electrons. The van der Waals surface area contributed by atoms with Crippen LogP contribution in [-0.2, 0) is 12.8 Å². The van der Waals surface area contributed by atoms with Crippen LogP contribution in [0.4, 0.5) is 0 Å². The lowest BCUT2D eigenvalue weighted by Gasteiger charge is -2.15. The number of aromatic nitrogens is 5. The predicted octanol–water partition coefficient (Wildman–Crippen LogP) is 14.3. The lowest BCUT2D eigenvalue weighted by molar-refractivity contribution is 0.482. The van der Waals surface area contributed by atoms with Crippen LogP contribution < -0.4 is 4.74 Å². The van der Waals surface area contributed by atoms with Gasteiger partial charge in [-0.3, -0.25) is 4.57 Å². The summed E-state index contributed by atoms with van der Waals surface area (Å²) in [4.78, 5) is 5.06. The van der Waals surface area contributed by atoms with Crippen LogP contribution in [0.1, 0.15) is 75.9 Å². The number of benzene rings is 6. The van der Waals surface area contributed by atoms with Crippen molar-refractivity contribution in [3.05, 3.63) is 174 Å². The van der Waals surface area contributed by atoms with Crippen molar-refractivity contribution in [1.29, 1.82) is 0 Å². The minimum absolute atomic E-state index is 0.249. The van der Waals surface area contributed by atoms with E-state index in [1.807, 2.05) is 12.3 Å². The third-order valence-corrected chi connectivity index (χ3v) is 12.0. The summed E-state index contributed by atoms with van der Waals surface area (Å²) < 4.78 is 13.6. The van der Waals surface area contributed by atoms with Crippen LogP contribution in [0.5, 0.6) is 11.5 Å². The standard InChI is InChI=1S/C54H49N5O/c1-7-36-19-14-24-45-46-25-15-20-37(8-2)54(46)57(53(36)45)39-29-30-55-49(32-39)58-47-26-13-12-23-43(47)44-28-27-42(33-48(44)58)60-41-22-16-21-40(31-41)59-52(35(5)6)50(51(56-59)34(3)4)38-17-10-9-11-18-38/h9-35H,7-8H2,1-6H3. The molecule has 10 aromatic rings. The van der Waals surface area contributed by atoms with Crippen LogP contribution in [0.15, 0.2) is 152 Å². The second-order valence-electron chi connectivity index (χ2n) is 16.4. The fourth-order valence-electron chi connectivity index (χ4n) is 9.31. The molecular formula is C54H49N5O. The fourth-order valence-corrected chi connectivity index (χ4v) is 9.31. The first-order valence-corrected chi connectivity index (χ1v) is 21.3. The zero-order valence-corrected chi connectivity index (χ0v) is 35.1. The smallest absolute Gasteiger partial charge is 0.139 e. The van der Waals surface area contributed by atoms with E-state index < -0.39 is 0 Å². The second kappa shape index (κ2) is 15.0. The quantitative estimate of drug-likeness (QED) is 0.139. The highest BCUT2D eigenvalue weighted by Crippen LogP contribution is 2.41. The molecule has 0 bridgehead atoms. The highest BCUT2D eigenvalue weighted by molar-refractivity contribution is 6.12. The van der Waals surface area contributed by atoms with Gasteiger partial charge in [-0.15, -0.1) is 0 Å². The fraction of sp³-hybridized carbons (Fsp3) is 0.185. The summed E-state index contributed by atoms with van der Waals surface area (Å²) in [7, 11) is 0. The van der Waals surface area contributed by atoms with E-state index in [1.54, 1.807) is 0 Å². The minimum atomic E-state index is 0.249. The second-order valence-corrected chi connectivity index (χ2v) is 16.4. The van der Waals surface area contributed by atoms with Crippen LogP contribution in [-0.4, -0.2) is 23.9 Å². The van der Waals surface area contributed by atoms with E-state index in [4.69, 9.17) is 14.8 Å². The Hall–Kier alpha value is -6.92. The van der Waals surface area contributed by atoms with Crippen LogP contribution in [0.25, 0.3) is 71.9 Å². The number of para-hydroxylation sites is 3. The third kappa shape index (κ3) is 6.09. The van der Waals surface area contributed by atoms with Gasteiger partial charge in [0.05, 0.1) is 44.8 Å². The molecule has 4 aromatic heterocycles. The Morgan fingerprint density at radius 2 is 1.18 bits per heavy atom. The van der Waals surface area contributed by atoms with Gasteiger partial charge in [-0.25, -0.2) is 9.67 Å². The molecule has 0 fully saturated rings. The number of nitrogens with zero attached hydrogens (tertiary/aromatic N) is 5. The Labute approximate surface area is 351 Å². The van der Waals surface area contributed by atoms with E-state index >= 15 is 0 Å². The summed E-state index contributed by atoms with van der Waals surface area (Å²) in [5, 5.41) is 10.1. The number of fused-ring (bicyclic) bond motifs is 6. The van der Waals surface area contributed by atoms with Gasteiger partial charge in [0.2, 0.25) is 0 Å². The molecule has 0 saturated heterocycles. The molecule has 60 heavy (non-hydrogen) atoms. The van der Waals surface area contributed by atoms with Gasteiger partial charge in [-0.05, 0) is 77.8 Å². The molecule has 0 unspecified atom stereocenters. The zero-order chi connectivity index (χ0) is 41.1. The zero-order valence-electron chi connectivity index (χ0n) is 35.1. The number of ether oxygens (including phenoxy) is 1. The van der Waals surface area contributed by atoms with Crippen molar-refractivity contribution in [3.63, 3.8) is 0 Å². The van der Waals surface area contributed by atoms with E-state index in [1.165, 1.54) is 55.1 Å². The third-order valence-electron chi connectivity index (χ3n) is 12.0. The van der Waals surface area contributed by atoms with Crippen LogP contribution in [0, 0.1) is 0 Å². The van der Waals surface area contributed by atoms with Gasteiger partial charge in [0.1, 0.15) is 17.3 Å². The minimum Gasteiger partial charge on any atom is -0.457 e. The van der Waals surface area contributed by atoms with Crippen molar-refractivity contribution in [2.24, 2.45) is 0 Å². The van der Waals surface area contributed by atoms with Crippen molar-refractivity contribution in [2.45, 2.75) is 66.2 Å². The highest BCUT2D eigenvalue weighted by Gasteiger charge is 2.25. The first-order chi connectivity index (χ1) is 29.3. The Balaban J connectivity index is 1.09.